The molecular formula is C73H138NO31+. The number of hydrogen-bond donors (Lipinski definition) is 19. The molecule has 6 aliphatic heterocycles. The number of hydrogen-bond acceptors (Lipinski definition) is 31. The second-order valence-corrected chi connectivity index (χ2v) is 38.4. The first-order valence-corrected chi connectivity index (χ1v) is 35.9. The van der Waals surface area contributed by atoms with E-state index < -0.39 is 215 Å². The van der Waals surface area contributed by atoms with E-state index in [0.717, 1.165) is 118 Å². The van der Waals surface area contributed by atoms with Gasteiger partial charge in [-0.3, -0.25) is 0 Å². The Bertz CT molecular complexity index is 3250. The summed E-state index contributed by atoms with van der Waals surface area (Å²) in [6.07, 6.45) is -1.04. The van der Waals surface area contributed by atoms with Crippen molar-refractivity contribution >= 4 is 0 Å². The summed E-state index contributed by atoms with van der Waals surface area (Å²) in [5.41, 5.74) is -64.6. The third-order valence-electron chi connectivity index (χ3n) is 30.4. The molecule has 0 aromatic heterocycles. The van der Waals surface area contributed by atoms with Crippen LogP contribution in [-0.4, -0.2) is 351 Å². The highest BCUT2D eigenvalue weighted by atomic mass is 16.8. The van der Waals surface area contributed by atoms with Gasteiger partial charge in [0.15, 0.2) is 28.9 Å². The molecule has 0 amide bonds. The van der Waals surface area contributed by atoms with Crippen LogP contribution in [-0.2, 0) is 56.8 Å². The third kappa shape index (κ3) is 11.3. The largest absolute Gasteiger partial charge is 0.393 e. The highest BCUT2D eigenvalue weighted by molar-refractivity contribution is 5.32. The van der Waals surface area contributed by atoms with Crippen LogP contribution in [0, 0.1) is 0 Å². The van der Waals surface area contributed by atoms with E-state index in [-0.39, 0.29) is 13.2 Å². The number of rotatable bonds is 21. The quantitative estimate of drug-likeness (QED) is 0.0598. The summed E-state index contributed by atoms with van der Waals surface area (Å²) in [5.74, 6) is -13.7. The van der Waals surface area contributed by atoms with E-state index in [0.29, 0.717) is 4.48 Å². The maximum Gasteiger partial charge on any atom is 0.198 e. The van der Waals surface area contributed by atoms with Gasteiger partial charge in [0.05, 0.1) is 73.0 Å². The molecule has 0 aromatic carbocycles. The van der Waals surface area contributed by atoms with Crippen molar-refractivity contribution in [2.75, 3.05) is 73.9 Å². The van der Waals surface area contributed by atoms with Crippen molar-refractivity contribution in [3.8, 4) is 0 Å². The summed E-state index contributed by atoms with van der Waals surface area (Å²) in [7, 11) is 5.54. The SMILES string of the molecule is CC1(C)O[C@@](C)(CO[C@@]2(C)O[C@](C)(CO)[C@](C)(O)C(C)(O)C2(C)O)[C@@](C)(O[C@]2(C)OC(C)(CO)[C@@](C)(O[C@]3(C)O[C@@](C)(CO[C@@]4(C)O[C@@](C)(COCC(O)C[N+](C)(C)C)[C@](C)(O)C(C)(O)C4(C)O)[C@@](C)(O[C@]4(C)OC(C)(CO)[C@@](C)(O)C(C)(O)[C@@]4(C)O)C(C)(O)C3(C)O)C(C)(O)[C@@]2(C)O)C(C)(O)C1(C)O. The highest BCUT2D eigenvalue weighted by Gasteiger charge is 2.87. The minimum Gasteiger partial charge on any atom is -0.393 e. The van der Waals surface area contributed by atoms with Crippen LogP contribution in [0.25, 0.3) is 0 Å². The average molecular weight is 1530 g/mol. The lowest BCUT2D eigenvalue weighted by atomic mass is 9.57. The minimum atomic E-state index is -3.09. The van der Waals surface area contributed by atoms with E-state index in [2.05, 4.69) is 0 Å². The van der Waals surface area contributed by atoms with Gasteiger partial charge in [-0.1, -0.05) is 0 Å². The van der Waals surface area contributed by atoms with Crippen LogP contribution in [0.1, 0.15) is 215 Å². The Hall–Kier alpha value is -1.28. The standard InChI is InChI=1S/C73H138NO31/c1-44(2)51(9,79)58(16,86)67(25,49(7,97-44)41-95-69(27)61(19,89)55(13,83)52(10,80)45(3,37-75)98-69)104-72(30)64(22,92)59(17,87)66(24,47(5,39-77)100-72)103-73(31)65(23,93)60(18,88)68(26,105-71(29)63(21,91)56(14,84)53(11,81)46(4,38-76)99-71)50(8,102-73)42-96-70(28)62(20,90)57(15,85)54(12,82)48(6,101-70)40-94-36-43(78)35-74(32,33)34/h43,75-93H,35-42H2,1-34H3/q+1/t43?,45-,46?,47?,48+,49+,50+,51?,52+,53-,54+,55?,56?,57?,58?,59?,60?,61?,62?,63-,64-,65?,66-,67-,68-,69+,70+,71+,72+,73+/m1/s1. The Labute approximate surface area is 619 Å². The van der Waals surface area contributed by atoms with Gasteiger partial charge in [-0.2, -0.15) is 0 Å². The first-order valence-electron chi connectivity index (χ1n) is 35.9. The van der Waals surface area contributed by atoms with Crippen molar-refractivity contribution < 1.29 is 158 Å². The Morgan fingerprint density at radius 3 is 0.819 bits per heavy atom. The molecule has 32 nitrogen and oxygen atoms in total. The number of ether oxygens (including phenoxy) is 12. The molecule has 620 valence electrons. The summed E-state index contributed by atoms with van der Waals surface area (Å²) >= 11 is 0. The van der Waals surface area contributed by atoms with Crippen molar-refractivity contribution in [3.05, 3.63) is 0 Å². The van der Waals surface area contributed by atoms with Gasteiger partial charge in [-0.15, -0.1) is 0 Å². The van der Waals surface area contributed by atoms with Crippen LogP contribution >= 0.6 is 0 Å². The van der Waals surface area contributed by atoms with Crippen LogP contribution in [0.2, 0.25) is 0 Å². The Kier molecular flexibility index (Phi) is 21.7. The molecule has 19 N–H and O–H groups in total. The molecule has 30 atom stereocenters. The molecule has 0 aliphatic carbocycles. The number of aliphatic hydroxyl groups is 19. The fourth-order valence-electron chi connectivity index (χ4n) is 17.8. The first kappa shape index (κ1) is 92.6. The second-order valence-electron chi connectivity index (χ2n) is 38.4. The van der Waals surface area contributed by atoms with Gasteiger partial charge in [0.25, 0.3) is 0 Å². The van der Waals surface area contributed by atoms with E-state index in [1.807, 2.05) is 21.1 Å². The Morgan fingerprint density at radius 1 is 0.267 bits per heavy atom. The molecule has 6 heterocycles. The third-order valence-corrected chi connectivity index (χ3v) is 30.4. The highest BCUT2D eigenvalue weighted by Crippen LogP contribution is 2.67. The molecule has 32 heteroatoms. The maximum atomic E-state index is 14.0. The van der Waals surface area contributed by atoms with E-state index >= 15 is 0 Å². The number of quaternary nitrogens is 1. The van der Waals surface area contributed by atoms with Crippen molar-refractivity contribution in [3.63, 3.8) is 0 Å². The van der Waals surface area contributed by atoms with E-state index in [1.165, 1.54) is 96.9 Å². The van der Waals surface area contributed by atoms with E-state index in [1.54, 1.807) is 0 Å². The Balaban J connectivity index is 1.59. The zero-order valence-corrected chi connectivity index (χ0v) is 69.1. The zero-order valence-electron chi connectivity index (χ0n) is 69.1. The fourth-order valence-corrected chi connectivity index (χ4v) is 17.8. The molecule has 0 radical (unpaired) electrons. The van der Waals surface area contributed by atoms with Crippen molar-refractivity contribution in [2.45, 2.75) is 390 Å². The van der Waals surface area contributed by atoms with Crippen LogP contribution < -0.4 is 0 Å². The molecule has 0 aromatic rings. The van der Waals surface area contributed by atoms with Crippen molar-refractivity contribution in [1.82, 2.24) is 0 Å². The van der Waals surface area contributed by atoms with Crippen molar-refractivity contribution in [2.24, 2.45) is 0 Å². The average Bonchev–Trinajstić information content (AvgIpc) is 0.660. The van der Waals surface area contributed by atoms with E-state index in [4.69, 9.17) is 56.8 Å². The maximum absolute atomic E-state index is 14.0. The lowest BCUT2D eigenvalue weighted by molar-refractivity contribution is -0.873. The van der Waals surface area contributed by atoms with Gasteiger partial charge in [0.2, 0.25) is 0 Å². The molecule has 6 saturated heterocycles. The fraction of sp³-hybridized carbons (Fsp3) is 1.00. The van der Waals surface area contributed by atoms with Crippen LogP contribution in [0.3, 0.4) is 0 Å². The normalized spacial score (nSPS) is 59.4. The Morgan fingerprint density at radius 2 is 0.505 bits per heavy atom. The summed E-state index contributed by atoms with van der Waals surface area (Å²) in [5, 5.41) is 238. The first-order chi connectivity index (χ1) is 45.6. The molecule has 0 bridgehead atoms. The molecule has 6 rings (SSSR count). The summed E-state index contributed by atoms with van der Waals surface area (Å²) in [6, 6.07) is 0. The summed E-state index contributed by atoms with van der Waals surface area (Å²) < 4.78 is 81.5. The lowest BCUT2D eigenvalue weighted by Crippen LogP contribution is -2.92. The molecule has 6 fully saturated rings. The van der Waals surface area contributed by atoms with Crippen LogP contribution in [0.4, 0.5) is 0 Å². The summed E-state index contributed by atoms with van der Waals surface area (Å²) in [4.78, 5) is 0. The number of aliphatic hydroxyl groups excluding tert-OH is 4. The minimum absolute atomic E-state index is 0.225. The van der Waals surface area contributed by atoms with Gasteiger partial charge in [-0.25, -0.2) is 0 Å². The molecule has 13 unspecified atom stereocenters. The monoisotopic (exact) mass is 1520 g/mol. The van der Waals surface area contributed by atoms with Gasteiger partial charge < -0.3 is 158 Å². The van der Waals surface area contributed by atoms with Crippen molar-refractivity contribution in [1.29, 1.82) is 0 Å². The van der Waals surface area contributed by atoms with Crippen LogP contribution in [0.15, 0.2) is 0 Å². The van der Waals surface area contributed by atoms with Gasteiger partial charge >= 0.3 is 0 Å². The molecule has 0 saturated carbocycles. The predicted octanol–water partition coefficient (Wildman–Crippen LogP) is -1.24. The van der Waals surface area contributed by atoms with E-state index in [9.17, 15) is 97.0 Å². The van der Waals surface area contributed by atoms with Crippen LogP contribution in [0.5, 0.6) is 0 Å². The smallest absolute Gasteiger partial charge is 0.198 e. The van der Waals surface area contributed by atoms with Gasteiger partial charge in [-0.05, 0) is 215 Å². The molecule has 0 spiro atoms. The zero-order chi connectivity index (χ0) is 83.2. The van der Waals surface area contributed by atoms with Gasteiger partial charge in [0.1, 0.15) is 147 Å². The summed E-state index contributed by atoms with van der Waals surface area (Å²) in [6.45, 7) is 30.4. The lowest BCUT2D eigenvalue weighted by Gasteiger charge is -2.74. The van der Waals surface area contributed by atoms with Gasteiger partial charge in [0, 0.05) is 0 Å². The molecular weight excluding hydrogens is 1390 g/mol. The molecule has 105 heavy (non-hydrogen) atoms. The topological polar surface area (TPSA) is 495 Å². The molecule has 6 aliphatic rings. The number of likely N-dealkylation sites (N-methyl/N-ethyl adjacent to an activating group) is 1. The number of nitrogens with zero attached hydrogens (tertiary/aromatic N) is 1. The second kappa shape index (κ2) is 24.6. The predicted molar refractivity (Wildman–Crippen MR) is 374 cm³/mol.